The van der Waals surface area contributed by atoms with E-state index in [4.69, 9.17) is 24.0 Å². The van der Waals surface area contributed by atoms with Crippen molar-refractivity contribution in [2.45, 2.75) is 36.9 Å². The molecule has 2 N–H and O–H groups in total. The predicted molar refractivity (Wildman–Crippen MR) is 110 cm³/mol. The van der Waals surface area contributed by atoms with Gasteiger partial charge in [0.1, 0.15) is 26.4 Å². The van der Waals surface area contributed by atoms with E-state index < -0.39 is 73.0 Å². The summed E-state index contributed by atoms with van der Waals surface area (Å²) in [5.74, 6) is -5.40. The van der Waals surface area contributed by atoms with Crippen LogP contribution in [-0.4, -0.2) is 93.1 Å². The fraction of sp³-hybridized carbons (Fsp3) is 0.429. The summed E-state index contributed by atoms with van der Waals surface area (Å²) in [6.45, 7) is -1.93. The Bertz CT molecular complexity index is 1180. The molecule has 16 heteroatoms. The van der Waals surface area contributed by atoms with Crippen molar-refractivity contribution in [2.75, 3.05) is 19.8 Å². The lowest BCUT2D eigenvalue weighted by atomic mass is 10.1. The Morgan fingerprint density at radius 3 is 2.54 bits per heavy atom. The number of carboxylic acids is 1. The van der Waals surface area contributed by atoms with Crippen molar-refractivity contribution in [3.63, 3.8) is 0 Å². The van der Waals surface area contributed by atoms with Crippen molar-refractivity contribution in [3.8, 4) is 0 Å². The zero-order valence-corrected chi connectivity index (χ0v) is 19.0. The molecule has 0 radical (unpaired) electrons. The van der Waals surface area contributed by atoms with Crippen molar-refractivity contribution < 1.29 is 57.9 Å². The first-order valence-corrected chi connectivity index (χ1v) is 11.0. The molecule has 4 heterocycles. The highest BCUT2D eigenvalue weighted by Gasteiger charge is 2.65. The van der Waals surface area contributed by atoms with Gasteiger partial charge in [0.2, 0.25) is 5.66 Å². The molecule has 37 heavy (non-hydrogen) atoms. The third kappa shape index (κ3) is 3.90. The number of nitrogens with zero attached hydrogens (tertiary/aromatic N) is 3. The summed E-state index contributed by atoms with van der Waals surface area (Å²) in [6, 6.07) is 7.17. The lowest BCUT2D eigenvalue weighted by molar-refractivity contribution is -0.256. The average Bonchev–Trinajstić information content (AvgIpc) is 3.56. The minimum Gasteiger partial charge on any atom is -0.477 e. The highest BCUT2D eigenvalue weighted by molar-refractivity contribution is 5.98. The van der Waals surface area contributed by atoms with Crippen LogP contribution in [0.2, 0.25) is 0 Å². The van der Waals surface area contributed by atoms with E-state index in [1.54, 1.807) is 30.3 Å². The minimum absolute atomic E-state index is 0.153. The zero-order valence-electron chi connectivity index (χ0n) is 19.0. The molecule has 1 spiro atoms. The third-order valence-corrected chi connectivity index (χ3v) is 6.22. The summed E-state index contributed by atoms with van der Waals surface area (Å²) in [4.78, 5) is 91.1. The third-order valence-electron chi connectivity index (χ3n) is 6.22. The normalized spacial score (nSPS) is 29.6. The number of hydrogen-bond donors (Lipinski definition) is 2. The number of hydroxylamine groups is 5. The minimum atomic E-state index is -2.39. The number of carbonyl (C=O) groups is 6. The van der Waals surface area contributed by atoms with Gasteiger partial charge in [-0.25, -0.2) is 19.4 Å². The lowest BCUT2D eigenvalue weighted by Gasteiger charge is -2.39. The molecule has 4 saturated heterocycles. The van der Waals surface area contributed by atoms with Crippen molar-refractivity contribution in [1.29, 1.82) is 0 Å². The maximum atomic E-state index is 13.5. The number of carbonyl (C=O) groups excluding carboxylic acids is 5. The Morgan fingerprint density at radius 2 is 1.86 bits per heavy atom. The van der Waals surface area contributed by atoms with E-state index in [-0.39, 0.29) is 19.4 Å². The molecule has 4 aliphatic heterocycles. The van der Waals surface area contributed by atoms with Crippen molar-refractivity contribution in [1.82, 2.24) is 20.5 Å². The molecule has 4 fully saturated rings. The molecule has 3 atom stereocenters. The summed E-state index contributed by atoms with van der Waals surface area (Å²) in [7, 11) is 0. The van der Waals surface area contributed by atoms with Crippen LogP contribution < -0.4 is 5.48 Å². The topological polar surface area (TPSA) is 191 Å². The Morgan fingerprint density at radius 1 is 1.11 bits per heavy atom. The van der Waals surface area contributed by atoms with Crippen LogP contribution >= 0.6 is 0 Å². The molecule has 1 aromatic rings. The molecule has 196 valence electrons. The smallest absolute Gasteiger partial charge is 0.412 e. The monoisotopic (exact) mass is 520 g/mol. The second-order valence-corrected chi connectivity index (χ2v) is 8.47. The van der Waals surface area contributed by atoms with Gasteiger partial charge in [0.05, 0.1) is 6.42 Å². The molecule has 5 rings (SSSR count). The van der Waals surface area contributed by atoms with Gasteiger partial charge < -0.3 is 19.4 Å². The molecule has 4 aliphatic rings. The molecule has 1 aromatic carbocycles. The molecule has 16 nitrogen and oxygen atoms in total. The van der Waals surface area contributed by atoms with Crippen LogP contribution in [0.15, 0.2) is 30.3 Å². The van der Waals surface area contributed by atoms with Gasteiger partial charge in [-0.3, -0.25) is 29.0 Å². The van der Waals surface area contributed by atoms with Gasteiger partial charge in [0.25, 0.3) is 11.8 Å². The molecule has 3 amide bonds. The number of carboxylic acid groups (broad SMARTS) is 1. The first-order valence-electron chi connectivity index (χ1n) is 11.0. The molecule has 0 saturated carbocycles. The summed E-state index contributed by atoms with van der Waals surface area (Å²) >= 11 is 0. The first-order chi connectivity index (χ1) is 17.7. The van der Waals surface area contributed by atoms with Crippen molar-refractivity contribution >= 4 is 35.8 Å². The van der Waals surface area contributed by atoms with Gasteiger partial charge >= 0.3 is 29.7 Å². The number of ether oxygens (including phenoxy) is 2. The van der Waals surface area contributed by atoms with E-state index >= 15 is 0 Å². The van der Waals surface area contributed by atoms with Crippen LogP contribution in [0.1, 0.15) is 18.4 Å². The number of rotatable bonds is 5. The van der Waals surface area contributed by atoms with E-state index in [1.165, 1.54) is 0 Å². The lowest BCUT2D eigenvalue weighted by Crippen LogP contribution is -2.71. The van der Waals surface area contributed by atoms with Crippen LogP contribution in [-0.2, 0) is 54.6 Å². The molecule has 0 aromatic heterocycles. The van der Waals surface area contributed by atoms with Gasteiger partial charge in [0.15, 0.2) is 6.04 Å². The van der Waals surface area contributed by atoms with Crippen LogP contribution in [0.5, 0.6) is 0 Å². The molecule has 0 bridgehead atoms. The average molecular weight is 520 g/mol. The summed E-state index contributed by atoms with van der Waals surface area (Å²) < 4.78 is 10.2. The van der Waals surface area contributed by atoms with Crippen LogP contribution in [0.25, 0.3) is 0 Å². The summed E-state index contributed by atoms with van der Waals surface area (Å²) in [5, 5.41) is 10.6. The Balaban J connectivity index is 1.34. The first kappa shape index (κ1) is 24.4. The summed E-state index contributed by atoms with van der Waals surface area (Å²) in [6.07, 6.45) is -1.66. The Hall–Kier alpha value is -4.28. The van der Waals surface area contributed by atoms with E-state index in [1.807, 2.05) is 0 Å². The van der Waals surface area contributed by atoms with Crippen molar-refractivity contribution in [3.05, 3.63) is 35.9 Å². The second-order valence-electron chi connectivity index (χ2n) is 8.47. The van der Waals surface area contributed by atoms with E-state index in [2.05, 4.69) is 5.48 Å². The number of cyclic esters (lactones) is 1. The molecular weight excluding hydrogens is 500 g/mol. The number of aliphatic carboxylic acids is 1. The maximum Gasteiger partial charge on any atom is 0.412 e. The number of esters is 1. The Labute approximate surface area is 207 Å². The largest absolute Gasteiger partial charge is 0.477 e. The number of amides is 3. The highest BCUT2D eigenvalue weighted by Crippen LogP contribution is 2.37. The van der Waals surface area contributed by atoms with Gasteiger partial charge in [-0.15, -0.1) is 5.48 Å². The quantitative estimate of drug-likeness (QED) is 0.334. The van der Waals surface area contributed by atoms with Crippen molar-refractivity contribution in [2.24, 2.45) is 0 Å². The number of nitrogens with one attached hydrogen (secondary N) is 1. The predicted octanol–water partition coefficient (Wildman–Crippen LogP) is -1.58. The van der Waals surface area contributed by atoms with E-state index in [0.717, 1.165) is 4.90 Å². The number of benzene rings is 1. The second kappa shape index (κ2) is 8.99. The fourth-order valence-corrected chi connectivity index (χ4v) is 4.28. The molecular formula is C21H20N4O12. The summed E-state index contributed by atoms with van der Waals surface area (Å²) in [5.41, 5.74) is -1.59. The number of hydrogen-bond acceptors (Lipinski definition) is 12. The standard InChI is InChI=1S/C21H20N4O12/c26-14-6-7-21(36-14,18(30)31)25-16(28)13(10-34-25)24-17(29)20(11-35-24)22-37-15(27)8-23(20)19(32)33-9-12-4-2-1-3-5-12/h1-5,13,22H,6-11H2,(H,30,31)/t13-,20+,21?/m0/s1. The van der Waals surface area contributed by atoms with Crippen LogP contribution in [0.4, 0.5) is 4.79 Å². The fourth-order valence-electron chi connectivity index (χ4n) is 4.28. The van der Waals surface area contributed by atoms with Gasteiger partial charge in [0, 0.05) is 6.42 Å². The Kier molecular flexibility index (Phi) is 5.93. The van der Waals surface area contributed by atoms with Gasteiger partial charge in [-0.1, -0.05) is 30.3 Å². The van der Waals surface area contributed by atoms with Gasteiger partial charge in [-0.2, -0.15) is 5.06 Å². The van der Waals surface area contributed by atoms with E-state index in [0.29, 0.717) is 15.7 Å². The molecule has 0 aliphatic carbocycles. The van der Waals surface area contributed by atoms with Crippen LogP contribution in [0.3, 0.4) is 0 Å². The van der Waals surface area contributed by atoms with Gasteiger partial charge in [-0.05, 0) is 5.56 Å². The zero-order chi connectivity index (χ0) is 26.4. The molecule has 1 unspecified atom stereocenters. The van der Waals surface area contributed by atoms with E-state index in [9.17, 15) is 33.9 Å². The maximum absolute atomic E-state index is 13.5. The van der Waals surface area contributed by atoms with Crippen LogP contribution in [0, 0.1) is 0 Å². The highest BCUT2D eigenvalue weighted by atomic mass is 16.8. The SMILES string of the molecule is O=C1CN(C(=O)OCc2ccccc2)[C@@]2(CON([C@H]3CON(C4(C(=O)O)CCC(=O)O4)C3=O)C2=O)NO1.